The van der Waals surface area contributed by atoms with E-state index in [2.05, 4.69) is 0 Å². The van der Waals surface area contributed by atoms with Crippen molar-refractivity contribution in [2.45, 2.75) is 25.7 Å². The van der Waals surface area contributed by atoms with Gasteiger partial charge in [0.2, 0.25) is 5.78 Å². The van der Waals surface area contributed by atoms with Gasteiger partial charge in [0.15, 0.2) is 0 Å². The third-order valence-corrected chi connectivity index (χ3v) is 5.02. The van der Waals surface area contributed by atoms with Gasteiger partial charge in [-0.25, -0.2) is 9.59 Å². The first-order chi connectivity index (χ1) is 12.5. The predicted octanol–water partition coefficient (Wildman–Crippen LogP) is 3.20. The van der Waals surface area contributed by atoms with Gasteiger partial charge in [0.05, 0.1) is 29.2 Å². The van der Waals surface area contributed by atoms with Crippen LogP contribution in [-0.2, 0) is 14.3 Å². The Hall–Kier alpha value is -2.54. The van der Waals surface area contributed by atoms with Crippen LogP contribution in [0, 0.1) is 6.92 Å². The van der Waals surface area contributed by atoms with Gasteiger partial charge in [0.1, 0.15) is 11.3 Å². The summed E-state index contributed by atoms with van der Waals surface area (Å²) < 4.78 is 11.9. The summed E-state index contributed by atoms with van der Waals surface area (Å²) in [7, 11) is 0. The molecule has 136 valence electrons. The number of rotatable bonds is 4. The van der Waals surface area contributed by atoms with E-state index < -0.39 is 17.7 Å². The van der Waals surface area contributed by atoms with Crippen molar-refractivity contribution >= 4 is 35.0 Å². The largest absolute Gasteiger partial charge is 0.462 e. The van der Waals surface area contributed by atoms with Crippen LogP contribution < -0.4 is 0 Å². The molecule has 0 aromatic carbocycles. The van der Waals surface area contributed by atoms with Crippen LogP contribution in [0.4, 0.5) is 0 Å². The number of ketones is 1. The van der Waals surface area contributed by atoms with Crippen LogP contribution in [-0.4, -0.2) is 41.1 Å². The van der Waals surface area contributed by atoms with Gasteiger partial charge in [0, 0.05) is 11.9 Å². The topological polar surface area (TPSA) is 74.1 Å². The van der Waals surface area contributed by atoms with Crippen molar-refractivity contribution in [3.8, 4) is 0 Å². The number of hydrogen-bond donors (Lipinski definition) is 0. The van der Waals surface area contributed by atoms with Gasteiger partial charge >= 0.3 is 11.9 Å². The second-order valence-corrected chi connectivity index (χ2v) is 6.74. The molecule has 2 aromatic rings. The van der Waals surface area contributed by atoms with Crippen molar-refractivity contribution in [2.24, 2.45) is 0 Å². The number of Topliss-reactive ketones (excluding diaryl/α,β-unsaturated/α-hetero) is 1. The Morgan fingerprint density at radius 2 is 1.88 bits per heavy atom. The highest BCUT2D eigenvalue weighted by Crippen LogP contribution is 2.37. The van der Waals surface area contributed by atoms with Crippen molar-refractivity contribution in [1.29, 1.82) is 0 Å². The number of nitrogens with zero attached hydrogens (tertiary/aromatic N) is 1. The maximum Gasteiger partial charge on any atom is 0.341 e. The second kappa shape index (κ2) is 7.37. The van der Waals surface area contributed by atoms with Crippen LogP contribution in [0.2, 0.25) is 0 Å². The van der Waals surface area contributed by atoms with Gasteiger partial charge in [-0.05, 0) is 38.5 Å². The standard InChI is InChI=1S/C19H19NO5S/c1-4-24-18(22)12-7-9-26-17-14(19(23)25-5-2)13-10-11(3)6-8-20(13)15(17)16(12)21/h6-8,10H,4-5,9H2,1-3H3. The smallest absolute Gasteiger partial charge is 0.341 e. The van der Waals surface area contributed by atoms with E-state index in [4.69, 9.17) is 9.47 Å². The van der Waals surface area contributed by atoms with Gasteiger partial charge < -0.3 is 13.9 Å². The molecule has 0 unspecified atom stereocenters. The number of carbonyl (C=O) groups is 3. The average Bonchev–Trinajstić information content (AvgIpc) is 2.81. The molecule has 6 nitrogen and oxygen atoms in total. The first-order valence-electron chi connectivity index (χ1n) is 8.36. The molecule has 2 aromatic heterocycles. The average molecular weight is 373 g/mol. The summed E-state index contributed by atoms with van der Waals surface area (Å²) in [5.74, 6) is -1.19. The van der Waals surface area contributed by atoms with E-state index in [-0.39, 0.29) is 18.8 Å². The quantitative estimate of drug-likeness (QED) is 0.605. The molecule has 0 fully saturated rings. The molecule has 0 saturated heterocycles. The number of ether oxygens (including phenoxy) is 2. The normalized spacial score (nSPS) is 13.8. The molecule has 1 aliphatic heterocycles. The number of fused-ring (bicyclic) bond motifs is 3. The lowest BCUT2D eigenvalue weighted by molar-refractivity contribution is -0.138. The summed E-state index contributed by atoms with van der Waals surface area (Å²) >= 11 is 1.34. The van der Waals surface area contributed by atoms with Crippen LogP contribution in [0.25, 0.3) is 5.52 Å². The zero-order valence-corrected chi connectivity index (χ0v) is 15.6. The molecule has 0 spiro atoms. The predicted molar refractivity (Wildman–Crippen MR) is 97.9 cm³/mol. The molecule has 0 saturated carbocycles. The molecule has 0 bridgehead atoms. The lowest BCUT2D eigenvalue weighted by Crippen LogP contribution is -2.17. The van der Waals surface area contributed by atoms with E-state index in [0.717, 1.165) is 5.56 Å². The molecule has 0 radical (unpaired) electrons. The summed E-state index contributed by atoms with van der Waals surface area (Å²) in [6, 6.07) is 3.68. The van der Waals surface area contributed by atoms with Crippen LogP contribution in [0.15, 0.2) is 34.9 Å². The number of hydrogen-bond acceptors (Lipinski definition) is 6. The van der Waals surface area contributed by atoms with Gasteiger partial charge in [-0.1, -0.05) is 6.08 Å². The number of esters is 2. The van der Waals surface area contributed by atoms with E-state index in [0.29, 0.717) is 27.4 Å². The van der Waals surface area contributed by atoms with Gasteiger partial charge in [-0.15, -0.1) is 11.8 Å². The first-order valence-corrected chi connectivity index (χ1v) is 9.34. The Morgan fingerprint density at radius 3 is 2.58 bits per heavy atom. The number of aryl methyl sites for hydroxylation is 1. The van der Waals surface area contributed by atoms with Crippen molar-refractivity contribution in [1.82, 2.24) is 4.40 Å². The van der Waals surface area contributed by atoms with Gasteiger partial charge in [-0.3, -0.25) is 4.79 Å². The summed E-state index contributed by atoms with van der Waals surface area (Å²) in [6.07, 6.45) is 3.29. The number of carbonyl (C=O) groups excluding carboxylic acids is 3. The number of thioether (sulfide) groups is 1. The monoisotopic (exact) mass is 373 g/mol. The molecule has 1 aliphatic rings. The second-order valence-electron chi connectivity index (χ2n) is 5.71. The minimum absolute atomic E-state index is 0.00603. The molecule has 0 aliphatic carbocycles. The van der Waals surface area contributed by atoms with E-state index in [1.165, 1.54) is 11.8 Å². The first kappa shape index (κ1) is 18.3. The summed E-state index contributed by atoms with van der Waals surface area (Å²) in [5.41, 5.74) is 2.20. The Balaban J connectivity index is 2.24. The summed E-state index contributed by atoms with van der Waals surface area (Å²) in [5, 5.41) is 0. The fourth-order valence-corrected chi connectivity index (χ4v) is 3.98. The fourth-order valence-electron chi connectivity index (χ4n) is 2.90. The summed E-state index contributed by atoms with van der Waals surface area (Å²) in [4.78, 5) is 38.4. The minimum Gasteiger partial charge on any atom is -0.462 e. The highest BCUT2D eigenvalue weighted by Gasteiger charge is 2.33. The molecule has 3 heterocycles. The Morgan fingerprint density at radius 1 is 1.19 bits per heavy atom. The van der Waals surface area contributed by atoms with Gasteiger partial charge in [0.25, 0.3) is 0 Å². The lowest BCUT2D eigenvalue weighted by atomic mass is 10.1. The van der Waals surface area contributed by atoms with Crippen LogP contribution in [0.1, 0.15) is 40.3 Å². The fraction of sp³-hybridized carbons (Fsp3) is 0.316. The Labute approximate surface area is 155 Å². The maximum atomic E-state index is 13.1. The molecule has 3 rings (SSSR count). The SMILES string of the molecule is CCOC(=O)C1=CCSc2c(C(=O)OCC)c3cc(C)ccn3c2C1=O. The zero-order valence-electron chi connectivity index (χ0n) is 14.8. The number of pyridine rings is 1. The molecule has 26 heavy (non-hydrogen) atoms. The van der Waals surface area contributed by atoms with Crippen molar-refractivity contribution in [3.63, 3.8) is 0 Å². The molecule has 0 amide bonds. The lowest BCUT2D eigenvalue weighted by Gasteiger charge is -2.06. The third-order valence-electron chi connectivity index (χ3n) is 4.00. The van der Waals surface area contributed by atoms with E-state index in [1.54, 1.807) is 30.5 Å². The van der Waals surface area contributed by atoms with Crippen molar-refractivity contribution in [2.75, 3.05) is 19.0 Å². The van der Waals surface area contributed by atoms with E-state index >= 15 is 0 Å². The molecular formula is C19H19NO5S. The third kappa shape index (κ3) is 3.03. The van der Waals surface area contributed by atoms with Crippen molar-refractivity contribution in [3.05, 3.63) is 46.8 Å². The van der Waals surface area contributed by atoms with Crippen molar-refractivity contribution < 1.29 is 23.9 Å². The molecular weight excluding hydrogens is 354 g/mol. The number of aromatic nitrogens is 1. The van der Waals surface area contributed by atoms with E-state index in [1.807, 2.05) is 19.1 Å². The summed E-state index contributed by atoms with van der Waals surface area (Å²) in [6.45, 7) is 5.76. The Bertz CT molecular complexity index is 941. The Kier molecular flexibility index (Phi) is 5.18. The van der Waals surface area contributed by atoms with Gasteiger partial charge in [-0.2, -0.15) is 0 Å². The van der Waals surface area contributed by atoms with Crippen LogP contribution in [0.5, 0.6) is 0 Å². The molecule has 7 heteroatoms. The minimum atomic E-state index is -0.648. The zero-order chi connectivity index (χ0) is 18.8. The molecule has 0 N–H and O–H groups in total. The molecule has 0 atom stereocenters. The van der Waals surface area contributed by atoms with E-state index in [9.17, 15) is 14.4 Å². The highest BCUT2D eigenvalue weighted by molar-refractivity contribution is 7.99. The highest BCUT2D eigenvalue weighted by atomic mass is 32.2. The van der Waals surface area contributed by atoms with Crippen LogP contribution >= 0.6 is 11.8 Å². The van der Waals surface area contributed by atoms with Crippen LogP contribution in [0.3, 0.4) is 0 Å². The maximum absolute atomic E-state index is 13.1.